The number of anilines is 1. The number of hydrogen-bond acceptors (Lipinski definition) is 6. The summed E-state index contributed by atoms with van der Waals surface area (Å²) < 4.78 is 46.9. The number of ether oxygens (including phenoxy) is 2. The average molecular weight is 515 g/mol. The van der Waals surface area contributed by atoms with Crippen molar-refractivity contribution in [3.8, 4) is 5.75 Å². The molecule has 9 heteroatoms. The van der Waals surface area contributed by atoms with Crippen LogP contribution in [0.25, 0.3) is 5.57 Å². The molecular formula is C23H19BrN2O5S. The van der Waals surface area contributed by atoms with Gasteiger partial charge in [-0.05, 0) is 63.8 Å². The SMILES string of the molecule is Cc1noc(NS(=O)(=O)C23C=CC(C(c4ccccc4)=C2)c2cccc(c2)OCO3)c1Br. The maximum absolute atomic E-state index is 13.6. The second kappa shape index (κ2) is 7.91. The summed E-state index contributed by atoms with van der Waals surface area (Å²) in [6.07, 6.45) is 5.03. The minimum absolute atomic E-state index is 0.0195. The van der Waals surface area contributed by atoms with Gasteiger partial charge in [-0.1, -0.05) is 53.7 Å². The molecule has 6 rings (SSSR count). The van der Waals surface area contributed by atoms with E-state index >= 15 is 0 Å². The van der Waals surface area contributed by atoms with Crippen LogP contribution in [-0.2, 0) is 14.8 Å². The van der Waals surface area contributed by atoms with E-state index in [1.54, 1.807) is 19.1 Å². The zero-order chi connectivity index (χ0) is 22.3. The fraction of sp³-hybridized carbons (Fsp3) is 0.174. The van der Waals surface area contributed by atoms with Crippen molar-refractivity contribution in [2.24, 2.45) is 0 Å². The van der Waals surface area contributed by atoms with Gasteiger partial charge in [-0.3, -0.25) is 0 Å². The Morgan fingerprint density at radius 2 is 1.97 bits per heavy atom. The Morgan fingerprint density at radius 3 is 2.72 bits per heavy atom. The number of allylic oxidation sites excluding steroid dienone is 2. The molecule has 3 aromatic rings. The number of halogens is 1. The van der Waals surface area contributed by atoms with Crippen LogP contribution in [0.4, 0.5) is 5.88 Å². The van der Waals surface area contributed by atoms with Crippen LogP contribution in [0.2, 0.25) is 0 Å². The highest BCUT2D eigenvalue weighted by molar-refractivity contribution is 9.10. The largest absolute Gasteiger partial charge is 0.467 e. The molecule has 0 amide bonds. The predicted octanol–water partition coefficient (Wildman–Crippen LogP) is 4.99. The lowest BCUT2D eigenvalue weighted by Crippen LogP contribution is -2.44. The molecule has 3 aliphatic rings. The summed E-state index contributed by atoms with van der Waals surface area (Å²) in [6, 6.07) is 17.3. The van der Waals surface area contributed by atoms with Gasteiger partial charge in [0.15, 0.2) is 6.79 Å². The number of nitrogens with zero attached hydrogens (tertiary/aromatic N) is 1. The van der Waals surface area contributed by atoms with Gasteiger partial charge in [0.2, 0.25) is 4.93 Å². The van der Waals surface area contributed by atoms with Gasteiger partial charge in [0.1, 0.15) is 10.2 Å². The lowest BCUT2D eigenvalue weighted by Gasteiger charge is -2.34. The predicted molar refractivity (Wildman–Crippen MR) is 124 cm³/mol. The van der Waals surface area contributed by atoms with E-state index < -0.39 is 15.0 Å². The standard InChI is InChI=1S/C23H19BrN2O5S/c1-15-21(24)22(31-25-15)26-32(27,28)23-11-10-19(20(13-23)16-6-3-2-4-7-16)17-8-5-9-18(12-17)29-14-30-23/h2-13,19,26H,14H2,1H3. The summed E-state index contributed by atoms with van der Waals surface area (Å²) >= 11 is 3.30. The highest BCUT2D eigenvalue weighted by Crippen LogP contribution is 2.44. The molecule has 7 nitrogen and oxygen atoms in total. The van der Waals surface area contributed by atoms with Gasteiger partial charge in [-0.2, -0.15) is 0 Å². The first-order chi connectivity index (χ1) is 15.4. The van der Waals surface area contributed by atoms with Crippen LogP contribution in [-0.4, -0.2) is 25.3 Å². The van der Waals surface area contributed by atoms with Gasteiger partial charge in [-0.25, -0.2) is 13.1 Å². The molecule has 2 unspecified atom stereocenters. The number of hydrogen-bond donors (Lipinski definition) is 1. The normalized spacial score (nSPS) is 22.2. The van der Waals surface area contributed by atoms with Crippen molar-refractivity contribution in [1.29, 1.82) is 0 Å². The lowest BCUT2D eigenvalue weighted by atomic mass is 9.82. The Labute approximate surface area is 193 Å². The average Bonchev–Trinajstić information content (AvgIpc) is 3.11. The molecule has 164 valence electrons. The minimum Gasteiger partial charge on any atom is -0.467 e. The maximum atomic E-state index is 13.6. The van der Waals surface area contributed by atoms with Crippen LogP contribution in [0.15, 0.2) is 81.8 Å². The van der Waals surface area contributed by atoms with Crippen LogP contribution in [0.1, 0.15) is 22.7 Å². The second-order valence-electron chi connectivity index (χ2n) is 7.52. The first-order valence-corrected chi connectivity index (χ1v) is 12.1. The highest BCUT2D eigenvalue weighted by atomic mass is 79.9. The Morgan fingerprint density at radius 1 is 1.16 bits per heavy atom. The third-order valence-electron chi connectivity index (χ3n) is 5.49. The van der Waals surface area contributed by atoms with Crippen LogP contribution in [0.3, 0.4) is 0 Å². The van der Waals surface area contributed by atoms with Crippen LogP contribution in [0.5, 0.6) is 5.75 Å². The Bertz CT molecular complexity index is 1330. The van der Waals surface area contributed by atoms with Crippen LogP contribution in [0, 0.1) is 6.92 Å². The highest BCUT2D eigenvalue weighted by Gasteiger charge is 2.46. The summed E-state index contributed by atoms with van der Waals surface area (Å²) in [4.78, 5) is -1.83. The fourth-order valence-corrected chi connectivity index (χ4v) is 5.48. The molecule has 0 saturated heterocycles. The van der Waals surface area contributed by atoms with Gasteiger partial charge in [-0.15, -0.1) is 0 Å². The zero-order valence-corrected chi connectivity index (χ0v) is 19.4. The Kier molecular flexibility index (Phi) is 5.19. The van der Waals surface area contributed by atoms with Crippen molar-refractivity contribution >= 4 is 37.4 Å². The quantitative estimate of drug-likeness (QED) is 0.493. The van der Waals surface area contributed by atoms with Crippen molar-refractivity contribution in [2.45, 2.75) is 17.8 Å². The third-order valence-corrected chi connectivity index (χ3v) is 8.08. The molecule has 1 aliphatic carbocycles. The topological polar surface area (TPSA) is 90.7 Å². The first kappa shape index (κ1) is 21.0. The second-order valence-corrected chi connectivity index (χ2v) is 10.2. The van der Waals surface area contributed by atoms with Crippen molar-refractivity contribution < 1.29 is 22.4 Å². The molecule has 0 radical (unpaired) electrons. The van der Waals surface area contributed by atoms with Crippen LogP contribution >= 0.6 is 15.9 Å². The van der Waals surface area contributed by atoms with Crippen molar-refractivity contribution in [1.82, 2.24) is 5.16 Å². The molecule has 2 atom stereocenters. The molecule has 4 bridgehead atoms. The monoisotopic (exact) mass is 514 g/mol. The van der Waals surface area contributed by atoms with Crippen molar-refractivity contribution in [2.75, 3.05) is 11.5 Å². The van der Waals surface area contributed by atoms with Gasteiger partial charge in [0.25, 0.3) is 15.9 Å². The van der Waals surface area contributed by atoms with Gasteiger partial charge in [0.05, 0.1) is 5.69 Å². The zero-order valence-electron chi connectivity index (χ0n) is 17.0. The molecule has 1 N–H and O–H groups in total. The van der Waals surface area contributed by atoms with Gasteiger partial charge in [0, 0.05) is 5.92 Å². The molecule has 32 heavy (non-hydrogen) atoms. The summed E-state index contributed by atoms with van der Waals surface area (Å²) in [5.74, 6) is 0.407. The molecule has 3 heterocycles. The van der Waals surface area contributed by atoms with Crippen LogP contribution < -0.4 is 9.46 Å². The maximum Gasteiger partial charge on any atom is 0.273 e. The number of rotatable bonds is 4. The Hall–Kier alpha value is -2.88. The summed E-state index contributed by atoms with van der Waals surface area (Å²) in [7, 11) is -4.19. The Balaban J connectivity index is 1.67. The van der Waals surface area contributed by atoms with E-state index in [1.165, 1.54) is 0 Å². The molecule has 1 aromatic heterocycles. The number of aromatic nitrogens is 1. The first-order valence-electron chi connectivity index (χ1n) is 9.87. The van der Waals surface area contributed by atoms with E-state index in [4.69, 9.17) is 14.0 Å². The van der Waals surface area contributed by atoms with E-state index in [0.29, 0.717) is 15.9 Å². The molecule has 0 saturated carbocycles. The third kappa shape index (κ3) is 3.56. The van der Waals surface area contributed by atoms with Crippen molar-refractivity contribution in [3.05, 3.63) is 94.1 Å². The van der Waals surface area contributed by atoms with E-state index in [2.05, 4.69) is 25.8 Å². The number of sulfonamides is 1. The molecule has 2 aromatic carbocycles. The smallest absolute Gasteiger partial charge is 0.273 e. The summed E-state index contributed by atoms with van der Waals surface area (Å²) in [5, 5.41) is 3.80. The molecular weight excluding hydrogens is 496 g/mol. The lowest BCUT2D eigenvalue weighted by molar-refractivity contribution is -0.0177. The fourth-order valence-electron chi connectivity index (χ4n) is 3.82. The van der Waals surface area contributed by atoms with E-state index in [-0.39, 0.29) is 18.6 Å². The van der Waals surface area contributed by atoms with E-state index in [1.807, 2.05) is 60.7 Å². The van der Waals surface area contributed by atoms with Gasteiger partial charge >= 0.3 is 0 Å². The minimum atomic E-state index is -4.19. The number of aryl methyl sites for hydroxylation is 1. The van der Waals surface area contributed by atoms with E-state index in [9.17, 15) is 8.42 Å². The number of benzene rings is 2. The molecule has 2 aliphatic heterocycles. The number of fused-ring (bicyclic) bond motifs is 2. The molecule has 0 fully saturated rings. The number of nitrogens with one attached hydrogen (secondary N) is 1. The summed E-state index contributed by atoms with van der Waals surface area (Å²) in [6.45, 7) is 1.43. The van der Waals surface area contributed by atoms with E-state index in [0.717, 1.165) is 16.7 Å². The van der Waals surface area contributed by atoms with Crippen molar-refractivity contribution in [3.63, 3.8) is 0 Å². The summed E-state index contributed by atoms with van der Waals surface area (Å²) in [5.41, 5.74) is 3.22. The molecule has 0 spiro atoms. The van der Waals surface area contributed by atoms with Gasteiger partial charge < -0.3 is 14.0 Å².